The van der Waals surface area contributed by atoms with Crippen LogP contribution in [0.4, 0.5) is 31.1 Å². The van der Waals surface area contributed by atoms with Gasteiger partial charge < -0.3 is 4.74 Å². The van der Waals surface area contributed by atoms with Crippen LogP contribution in [0.2, 0.25) is 0 Å². The average Bonchev–Trinajstić information content (AvgIpc) is 3.24. The number of benzene rings is 2. The molecule has 0 unspecified atom stereocenters. The molecule has 2 aliphatic heterocycles. The fraction of sp³-hybridized carbons (Fsp3) is 0.409. The van der Waals surface area contributed by atoms with Crippen molar-refractivity contribution in [1.29, 1.82) is 0 Å². The summed E-state index contributed by atoms with van der Waals surface area (Å²) in [5.41, 5.74) is -0.399. The molecule has 2 saturated heterocycles. The number of ether oxygens (including phenoxy) is 1. The normalized spacial score (nSPS) is 23.5. The summed E-state index contributed by atoms with van der Waals surface area (Å²) < 4.78 is 85.8. The van der Waals surface area contributed by atoms with Crippen molar-refractivity contribution in [2.45, 2.75) is 57.2 Å². The molecule has 0 N–H and O–H groups in total. The summed E-state index contributed by atoms with van der Waals surface area (Å²) in [6.45, 7) is 3.81. The quantitative estimate of drug-likeness (QED) is 0.383. The molecule has 3 nitrogen and oxygen atoms in total. The lowest BCUT2D eigenvalue weighted by atomic mass is 9.96. The topological polar surface area (TPSA) is 29.5 Å². The number of cyclic esters (lactones) is 1. The summed E-state index contributed by atoms with van der Waals surface area (Å²) >= 11 is 3.54. The van der Waals surface area contributed by atoms with Gasteiger partial charge in [0, 0.05) is 4.47 Å². The van der Waals surface area contributed by atoms with Crippen molar-refractivity contribution in [3.05, 3.63) is 68.2 Å². The predicted octanol–water partition coefficient (Wildman–Crippen LogP) is 7.50. The number of hydrogen-bond donors (Lipinski definition) is 0. The van der Waals surface area contributed by atoms with Gasteiger partial charge in [-0.15, -0.1) is 0 Å². The highest BCUT2D eigenvalue weighted by atomic mass is 79.9. The molecule has 0 aromatic heterocycles. The van der Waals surface area contributed by atoms with Crippen LogP contribution in [0.5, 0.6) is 0 Å². The van der Waals surface area contributed by atoms with E-state index >= 15 is 0 Å². The Hall–Kier alpha value is -2.23. The number of carbonyl (C=O) groups is 1. The third-order valence-corrected chi connectivity index (χ3v) is 7.02. The minimum absolute atomic E-state index is 0.0716. The molecule has 32 heavy (non-hydrogen) atoms. The van der Waals surface area contributed by atoms with Crippen molar-refractivity contribution in [3.8, 4) is 0 Å². The van der Waals surface area contributed by atoms with Gasteiger partial charge in [-0.05, 0) is 61.6 Å². The van der Waals surface area contributed by atoms with Crippen molar-refractivity contribution < 1.29 is 35.9 Å². The summed E-state index contributed by atoms with van der Waals surface area (Å²) in [7, 11) is 0. The Morgan fingerprint density at radius 2 is 1.53 bits per heavy atom. The minimum atomic E-state index is -4.97. The molecule has 1 amide bonds. The monoisotopic (exact) mass is 521 g/mol. The van der Waals surface area contributed by atoms with Crippen molar-refractivity contribution in [1.82, 2.24) is 4.90 Å². The maximum absolute atomic E-state index is 13.3. The Morgan fingerprint density at radius 3 is 2.09 bits per heavy atom. The molecule has 2 aromatic carbocycles. The number of halogens is 7. The van der Waals surface area contributed by atoms with Gasteiger partial charge in [0.2, 0.25) is 0 Å². The highest BCUT2D eigenvalue weighted by Gasteiger charge is 2.51. The Morgan fingerprint density at radius 1 is 0.938 bits per heavy atom. The SMILES string of the molecule is Cc1cc(C)c(Br)c([C@@H]2CC[C@H]3[C@@H](c4cc(C(F)(F)F)cc(C(F)(F)F)c4)OC(=O)N23)c1. The Kier molecular flexibility index (Phi) is 5.50. The largest absolute Gasteiger partial charge is 0.439 e. The van der Waals surface area contributed by atoms with Gasteiger partial charge >= 0.3 is 18.4 Å². The number of aryl methyl sites for hydroxylation is 2. The predicted molar refractivity (Wildman–Crippen MR) is 107 cm³/mol. The minimum Gasteiger partial charge on any atom is -0.439 e. The van der Waals surface area contributed by atoms with Crippen LogP contribution < -0.4 is 0 Å². The molecule has 0 aliphatic carbocycles. The molecule has 0 radical (unpaired) electrons. The van der Waals surface area contributed by atoms with E-state index < -0.39 is 47.8 Å². The first-order valence-corrected chi connectivity index (χ1v) is 10.6. The van der Waals surface area contributed by atoms with Gasteiger partial charge in [0.05, 0.1) is 23.2 Å². The summed E-state index contributed by atoms with van der Waals surface area (Å²) in [4.78, 5) is 14.2. The van der Waals surface area contributed by atoms with E-state index in [1.54, 1.807) is 0 Å². The zero-order valence-corrected chi connectivity index (χ0v) is 18.5. The lowest BCUT2D eigenvalue weighted by Crippen LogP contribution is -2.31. The number of alkyl halides is 6. The van der Waals surface area contributed by atoms with E-state index in [2.05, 4.69) is 15.9 Å². The number of fused-ring (bicyclic) bond motifs is 1. The smallest absolute Gasteiger partial charge is 0.416 e. The maximum atomic E-state index is 13.3. The molecule has 2 heterocycles. The molecule has 2 aliphatic rings. The van der Waals surface area contributed by atoms with Crippen molar-refractivity contribution in [3.63, 3.8) is 0 Å². The van der Waals surface area contributed by atoms with E-state index in [0.717, 1.165) is 21.2 Å². The van der Waals surface area contributed by atoms with Crippen LogP contribution in [-0.4, -0.2) is 17.0 Å². The van der Waals surface area contributed by atoms with Crippen molar-refractivity contribution >= 4 is 22.0 Å². The second-order valence-corrected chi connectivity index (χ2v) is 8.99. The summed E-state index contributed by atoms with van der Waals surface area (Å²) in [6, 6.07) is 4.17. The van der Waals surface area contributed by atoms with Crippen LogP contribution in [0, 0.1) is 13.8 Å². The molecular formula is C22H18BrF6NO2. The van der Waals surface area contributed by atoms with Crippen LogP contribution >= 0.6 is 15.9 Å². The van der Waals surface area contributed by atoms with Crippen LogP contribution in [0.3, 0.4) is 0 Å². The van der Waals surface area contributed by atoms with Gasteiger partial charge in [-0.1, -0.05) is 33.6 Å². The molecule has 2 aromatic rings. The highest BCUT2D eigenvalue weighted by Crippen LogP contribution is 2.50. The van der Waals surface area contributed by atoms with Gasteiger partial charge in [-0.2, -0.15) is 26.3 Å². The highest BCUT2D eigenvalue weighted by molar-refractivity contribution is 9.10. The van der Waals surface area contributed by atoms with E-state index in [0.29, 0.717) is 25.0 Å². The molecule has 0 spiro atoms. The molecule has 172 valence electrons. The molecule has 2 fully saturated rings. The van der Waals surface area contributed by atoms with E-state index in [4.69, 9.17) is 4.74 Å². The fourth-order valence-corrected chi connectivity index (χ4v) is 5.10. The van der Waals surface area contributed by atoms with E-state index in [-0.39, 0.29) is 11.6 Å². The lowest BCUT2D eigenvalue weighted by Gasteiger charge is -2.25. The zero-order valence-electron chi connectivity index (χ0n) is 16.9. The van der Waals surface area contributed by atoms with Crippen molar-refractivity contribution in [2.24, 2.45) is 0 Å². The van der Waals surface area contributed by atoms with Gasteiger partial charge in [0.25, 0.3) is 0 Å². The zero-order chi connectivity index (χ0) is 23.6. The van der Waals surface area contributed by atoms with Crippen molar-refractivity contribution in [2.75, 3.05) is 0 Å². The standard InChI is InChI=1S/C22H18BrF6NO2/c1-10-5-11(2)18(23)15(6-10)16-3-4-17-19(32-20(31)30(16)17)12-7-13(21(24,25)26)9-14(8-12)22(27,28)29/h5-9,16-17,19H,3-4H2,1-2H3/t16-,17-,19+/m0/s1. The van der Waals surface area contributed by atoms with Gasteiger partial charge in [-0.25, -0.2) is 4.79 Å². The van der Waals surface area contributed by atoms with Gasteiger partial charge in [0.15, 0.2) is 0 Å². The third-order valence-electron chi connectivity index (χ3n) is 5.94. The molecule has 0 saturated carbocycles. The van der Waals surface area contributed by atoms with Crippen LogP contribution in [0.15, 0.2) is 34.8 Å². The van der Waals surface area contributed by atoms with Gasteiger partial charge in [-0.3, -0.25) is 4.90 Å². The lowest BCUT2D eigenvalue weighted by molar-refractivity contribution is -0.143. The van der Waals surface area contributed by atoms with E-state index in [9.17, 15) is 31.1 Å². The number of hydrogen-bond acceptors (Lipinski definition) is 2. The Labute approximate surface area is 188 Å². The number of nitrogens with zero attached hydrogens (tertiary/aromatic N) is 1. The summed E-state index contributed by atoms with van der Waals surface area (Å²) in [6.07, 6.45) is -11.0. The van der Waals surface area contributed by atoms with E-state index in [1.165, 1.54) is 4.90 Å². The Bertz CT molecular complexity index is 1050. The van der Waals surface area contributed by atoms with Gasteiger partial charge in [0.1, 0.15) is 6.10 Å². The number of rotatable bonds is 2. The summed E-state index contributed by atoms with van der Waals surface area (Å²) in [5.74, 6) is 0. The second kappa shape index (κ2) is 7.67. The molecule has 4 rings (SSSR count). The fourth-order valence-electron chi connectivity index (χ4n) is 4.61. The number of carbonyl (C=O) groups excluding carboxylic acids is 1. The first-order chi connectivity index (χ1) is 14.8. The second-order valence-electron chi connectivity index (χ2n) is 8.20. The first-order valence-electron chi connectivity index (χ1n) is 9.82. The summed E-state index contributed by atoms with van der Waals surface area (Å²) in [5, 5.41) is 0. The van der Waals surface area contributed by atoms with Crippen LogP contribution in [0.1, 0.15) is 58.4 Å². The van der Waals surface area contributed by atoms with Crippen LogP contribution in [-0.2, 0) is 17.1 Å². The third kappa shape index (κ3) is 3.97. The first kappa shape index (κ1) is 22.9. The molecule has 3 atom stereocenters. The van der Waals surface area contributed by atoms with Crippen LogP contribution in [0.25, 0.3) is 0 Å². The maximum Gasteiger partial charge on any atom is 0.416 e. The number of amides is 1. The molecular weight excluding hydrogens is 504 g/mol. The molecule has 0 bridgehead atoms. The Balaban J connectivity index is 1.74. The molecule has 10 heteroatoms. The average molecular weight is 522 g/mol. The van der Waals surface area contributed by atoms with E-state index in [1.807, 2.05) is 26.0 Å².